The molecule has 0 bridgehead atoms. The first-order valence-corrected chi connectivity index (χ1v) is 12.0. The first kappa shape index (κ1) is 26.2. The maximum Gasteiger partial charge on any atom is 0.188 e. The van der Waals surface area contributed by atoms with Crippen LogP contribution in [0.5, 0.6) is 11.5 Å². The van der Waals surface area contributed by atoms with Gasteiger partial charge in [0.25, 0.3) is 0 Å². The molecule has 4 rings (SSSR count). The van der Waals surface area contributed by atoms with Crippen molar-refractivity contribution in [1.82, 2.24) is 0 Å². The maximum atomic E-state index is 9.33. The van der Waals surface area contributed by atoms with Crippen molar-refractivity contribution in [3.63, 3.8) is 0 Å². The third-order valence-electron chi connectivity index (χ3n) is 5.41. The van der Waals surface area contributed by atoms with E-state index < -0.39 is 6.29 Å². The van der Waals surface area contributed by atoms with Gasteiger partial charge in [-0.3, -0.25) is 5.43 Å². The molecule has 1 N–H and O–H groups in total. The quantitative estimate of drug-likeness (QED) is 0.135. The molecule has 186 valence electrons. The minimum atomic E-state index is -0.835. The molecule has 0 fully saturated rings. The fraction of sp³-hybridized carbons (Fsp3) is 0.103. The SMILES string of the molecule is COC(OC)c1c(NN=C(c2ccccc2)c2ccccc2)ccc(Cl)c1Oc1cc(Cl)cc(C#N)c1. The Labute approximate surface area is 225 Å². The molecule has 0 aliphatic carbocycles. The van der Waals surface area contributed by atoms with E-state index in [4.69, 9.17) is 42.5 Å². The van der Waals surface area contributed by atoms with Crippen LogP contribution in [-0.2, 0) is 9.47 Å². The summed E-state index contributed by atoms with van der Waals surface area (Å²) in [6.07, 6.45) is -0.835. The second-order valence-corrected chi connectivity index (χ2v) is 8.68. The number of benzene rings is 4. The van der Waals surface area contributed by atoms with Crippen molar-refractivity contribution in [3.8, 4) is 17.6 Å². The summed E-state index contributed by atoms with van der Waals surface area (Å²) in [5.74, 6) is 0.621. The van der Waals surface area contributed by atoms with Crippen molar-refractivity contribution in [2.45, 2.75) is 6.29 Å². The van der Waals surface area contributed by atoms with Crippen LogP contribution in [0.25, 0.3) is 0 Å². The average Bonchev–Trinajstić information content (AvgIpc) is 2.93. The predicted octanol–water partition coefficient (Wildman–Crippen LogP) is 7.81. The first-order chi connectivity index (χ1) is 18.0. The lowest BCUT2D eigenvalue weighted by molar-refractivity contribution is -0.106. The lowest BCUT2D eigenvalue weighted by Crippen LogP contribution is -2.11. The summed E-state index contributed by atoms with van der Waals surface area (Å²) < 4.78 is 17.3. The Kier molecular flexibility index (Phi) is 8.78. The summed E-state index contributed by atoms with van der Waals surface area (Å²) in [5, 5.41) is 14.8. The van der Waals surface area contributed by atoms with E-state index in [1.54, 1.807) is 30.3 Å². The molecule has 0 spiro atoms. The molecular formula is C29H23Cl2N3O3. The largest absolute Gasteiger partial charge is 0.455 e. The van der Waals surface area contributed by atoms with E-state index in [0.717, 1.165) is 16.8 Å². The molecule has 0 saturated heterocycles. The molecule has 0 aromatic heterocycles. The van der Waals surface area contributed by atoms with Crippen molar-refractivity contribution < 1.29 is 14.2 Å². The highest BCUT2D eigenvalue weighted by molar-refractivity contribution is 6.32. The van der Waals surface area contributed by atoms with Gasteiger partial charge >= 0.3 is 0 Å². The van der Waals surface area contributed by atoms with Crippen molar-refractivity contribution >= 4 is 34.6 Å². The van der Waals surface area contributed by atoms with E-state index in [2.05, 4.69) is 11.5 Å². The third kappa shape index (κ3) is 6.29. The first-order valence-electron chi connectivity index (χ1n) is 11.2. The van der Waals surface area contributed by atoms with E-state index in [1.807, 2.05) is 60.7 Å². The molecule has 0 saturated carbocycles. The topological polar surface area (TPSA) is 75.9 Å². The van der Waals surface area contributed by atoms with E-state index in [1.165, 1.54) is 14.2 Å². The van der Waals surface area contributed by atoms with Crippen LogP contribution >= 0.6 is 23.2 Å². The number of hydrogen-bond donors (Lipinski definition) is 1. The Morgan fingerprint density at radius 2 is 1.49 bits per heavy atom. The summed E-state index contributed by atoms with van der Waals surface area (Å²) in [6.45, 7) is 0. The van der Waals surface area contributed by atoms with Crippen LogP contribution in [0.15, 0.2) is 96.1 Å². The average molecular weight is 532 g/mol. The Morgan fingerprint density at radius 1 is 0.865 bits per heavy atom. The van der Waals surface area contributed by atoms with Crippen LogP contribution in [-0.4, -0.2) is 19.9 Å². The number of rotatable bonds is 9. The third-order valence-corrected chi connectivity index (χ3v) is 5.93. The normalized spacial score (nSPS) is 10.6. The highest BCUT2D eigenvalue weighted by Gasteiger charge is 2.24. The molecule has 0 unspecified atom stereocenters. The number of ether oxygens (including phenoxy) is 3. The van der Waals surface area contributed by atoms with Crippen molar-refractivity contribution in [2.24, 2.45) is 5.10 Å². The molecule has 0 atom stereocenters. The minimum Gasteiger partial charge on any atom is -0.455 e. The smallest absolute Gasteiger partial charge is 0.188 e. The summed E-state index contributed by atoms with van der Waals surface area (Å²) in [5.41, 5.74) is 7.16. The fourth-order valence-electron chi connectivity index (χ4n) is 3.75. The Balaban J connectivity index is 1.82. The van der Waals surface area contributed by atoms with E-state index in [-0.39, 0.29) is 5.75 Å². The van der Waals surface area contributed by atoms with Gasteiger partial charge in [0.15, 0.2) is 12.0 Å². The zero-order chi connectivity index (χ0) is 26.2. The zero-order valence-electron chi connectivity index (χ0n) is 20.1. The van der Waals surface area contributed by atoms with Crippen LogP contribution in [0.4, 0.5) is 5.69 Å². The van der Waals surface area contributed by atoms with E-state index >= 15 is 0 Å². The number of nitrogens with one attached hydrogen (secondary N) is 1. The second-order valence-electron chi connectivity index (χ2n) is 7.83. The number of nitrogens with zero attached hydrogens (tertiary/aromatic N) is 2. The lowest BCUT2D eigenvalue weighted by atomic mass is 10.0. The van der Waals surface area contributed by atoms with Crippen molar-refractivity contribution in [3.05, 3.63) is 123 Å². The predicted molar refractivity (Wildman–Crippen MR) is 147 cm³/mol. The van der Waals surface area contributed by atoms with E-state index in [0.29, 0.717) is 32.6 Å². The molecule has 0 amide bonds. The van der Waals surface area contributed by atoms with Crippen LogP contribution in [0.3, 0.4) is 0 Å². The highest BCUT2D eigenvalue weighted by Crippen LogP contribution is 2.42. The molecule has 37 heavy (non-hydrogen) atoms. The summed E-state index contributed by atoms with van der Waals surface area (Å²) in [6, 6.07) is 29.9. The van der Waals surface area contributed by atoms with Gasteiger partial charge < -0.3 is 14.2 Å². The minimum absolute atomic E-state index is 0.280. The van der Waals surface area contributed by atoms with Gasteiger partial charge in [0.2, 0.25) is 0 Å². The number of hydrogen-bond acceptors (Lipinski definition) is 6. The van der Waals surface area contributed by atoms with Crippen LogP contribution < -0.4 is 10.2 Å². The zero-order valence-corrected chi connectivity index (χ0v) is 21.6. The van der Waals surface area contributed by atoms with Crippen LogP contribution in [0.1, 0.15) is 28.5 Å². The lowest BCUT2D eigenvalue weighted by Gasteiger charge is -2.22. The summed E-state index contributed by atoms with van der Waals surface area (Å²) in [7, 11) is 3.02. The van der Waals surface area contributed by atoms with Crippen LogP contribution in [0, 0.1) is 11.3 Å². The molecule has 4 aromatic carbocycles. The monoisotopic (exact) mass is 531 g/mol. The molecule has 0 heterocycles. The molecule has 0 aliphatic heterocycles. The molecule has 6 nitrogen and oxygen atoms in total. The highest BCUT2D eigenvalue weighted by atomic mass is 35.5. The second kappa shape index (κ2) is 12.4. The fourth-order valence-corrected chi connectivity index (χ4v) is 4.18. The standard InChI is InChI=1S/C29H23Cl2N3O3/c1-35-29(36-2)26-25(14-13-24(31)28(26)37-23-16-19(18-32)15-22(30)17-23)33-34-27(20-9-5-3-6-10-20)21-11-7-4-8-12-21/h3-17,29,33H,1-2H3. The number of methoxy groups -OCH3 is 2. The van der Waals surface area contributed by atoms with Crippen LogP contribution in [0.2, 0.25) is 10.0 Å². The Hall–Kier alpha value is -3.86. The molecule has 4 aromatic rings. The van der Waals surface area contributed by atoms with E-state index in [9.17, 15) is 5.26 Å². The number of halogens is 2. The van der Waals surface area contributed by atoms with Gasteiger partial charge in [-0.1, -0.05) is 83.9 Å². The van der Waals surface area contributed by atoms with Gasteiger partial charge in [-0.2, -0.15) is 10.4 Å². The van der Waals surface area contributed by atoms with Gasteiger partial charge in [-0.15, -0.1) is 0 Å². The number of nitriles is 1. The van der Waals surface area contributed by atoms with Gasteiger partial charge in [0.05, 0.1) is 33.6 Å². The van der Waals surface area contributed by atoms with Crippen molar-refractivity contribution in [2.75, 3.05) is 19.6 Å². The van der Waals surface area contributed by atoms with Crippen molar-refractivity contribution in [1.29, 1.82) is 5.26 Å². The number of anilines is 1. The Morgan fingerprint density at radius 3 is 2.05 bits per heavy atom. The Bertz CT molecular complexity index is 1390. The van der Waals surface area contributed by atoms with Gasteiger partial charge in [0, 0.05) is 30.4 Å². The molecule has 0 radical (unpaired) electrons. The maximum absolute atomic E-state index is 9.33. The molecule has 0 aliphatic rings. The van der Waals surface area contributed by atoms with Gasteiger partial charge in [0.1, 0.15) is 5.75 Å². The van der Waals surface area contributed by atoms with Gasteiger partial charge in [-0.05, 0) is 30.3 Å². The van der Waals surface area contributed by atoms with Gasteiger partial charge in [-0.25, -0.2) is 0 Å². The molecule has 8 heteroatoms. The number of hydrazone groups is 1. The summed E-state index contributed by atoms with van der Waals surface area (Å²) in [4.78, 5) is 0. The summed E-state index contributed by atoms with van der Waals surface area (Å²) >= 11 is 12.8. The molecular weight excluding hydrogens is 509 g/mol.